The molecule has 1 aromatic carbocycles. The predicted molar refractivity (Wildman–Crippen MR) is 77.9 cm³/mol. The third kappa shape index (κ3) is 2.81. The molecule has 1 N–H and O–H groups in total. The monoisotopic (exact) mass is 377 g/mol. The van der Waals surface area contributed by atoms with E-state index in [-0.39, 0.29) is 11.7 Å². The highest BCUT2D eigenvalue weighted by atomic mass is 127. The highest BCUT2D eigenvalue weighted by Gasteiger charge is 2.15. The zero-order chi connectivity index (χ0) is 13.1. The van der Waals surface area contributed by atoms with Gasteiger partial charge in [0.25, 0.3) is 5.91 Å². The Hall–Kier alpha value is -1.15. The Morgan fingerprint density at radius 1 is 1.44 bits per heavy atom. The van der Waals surface area contributed by atoms with E-state index < -0.39 is 0 Å². The number of ether oxygens (including phenoxy) is 1. The number of methoxy groups -OCH3 is 1. The fourth-order valence-corrected chi connectivity index (χ4v) is 2.76. The summed E-state index contributed by atoms with van der Waals surface area (Å²) < 4.78 is 18.7. The number of halogens is 2. The number of carbonyl (C=O) groups is 1. The van der Waals surface area contributed by atoms with Crippen LogP contribution in [0, 0.1) is 9.39 Å². The molecule has 18 heavy (non-hydrogen) atoms. The Balaban J connectivity index is 2.21. The lowest BCUT2D eigenvalue weighted by Crippen LogP contribution is -2.12. The summed E-state index contributed by atoms with van der Waals surface area (Å²) >= 11 is 3.27. The van der Waals surface area contributed by atoms with Crippen molar-refractivity contribution in [2.75, 3.05) is 12.4 Å². The van der Waals surface area contributed by atoms with Crippen molar-refractivity contribution < 1.29 is 13.9 Å². The van der Waals surface area contributed by atoms with E-state index in [4.69, 9.17) is 4.74 Å². The van der Waals surface area contributed by atoms with Crippen LogP contribution < -0.4 is 10.1 Å². The largest absolute Gasteiger partial charge is 0.495 e. The van der Waals surface area contributed by atoms with Gasteiger partial charge in [-0.3, -0.25) is 4.79 Å². The molecule has 1 heterocycles. The lowest BCUT2D eigenvalue weighted by molar-refractivity contribution is 0.102. The maximum Gasteiger partial charge on any atom is 0.269 e. The van der Waals surface area contributed by atoms with Crippen LogP contribution in [-0.2, 0) is 0 Å². The first-order chi connectivity index (χ1) is 8.61. The number of thiophene rings is 1. The number of rotatable bonds is 3. The standard InChI is InChI=1S/C12H9FINO2S/c1-17-10-4-5-18-11(10)12(16)15-9-3-2-7(13)6-8(9)14/h2-6H,1H3,(H,15,16). The molecule has 2 rings (SSSR count). The van der Waals surface area contributed by atoms with E-state index >= 15 is 0 Å². The second-order valence-electron chi connectivity index (χ2n) is 3.40. The quantitative estimate of drug-likeness (QED) is 0.828. The second kappa shape index (κ2) is 5.66. The maximum atomic E-state index is 12.9. The third-order valence-electron chi connectivity index (χ3n) is 2.23. The summed E-state index contributed by atoms with van der Waals surface area (Å²) in [6.07, 6.45) is 0. The Labute approximate surface area is 121 Å². The van der Waals surface area contributed by atoms with Crippen LogP contribution in [0.15, 0.2) is 29.6 Å². The molecule has 94 valence electrons. The molecule has 0 aliphatic rings. The van der Waals surface area contributed by atoms with Crippen LogP contribution in [-0.4, -0.2) is 13.0 Å². The Bertz CT molecular complexity index is 585. The summed E-state index contributed by atoms with van der Waals surface area (Å²) in [5.74, 6) is -0.0490. The molecule has 0 aliphatic carbocycles. The van der Waals surface area contributed by atoms with Crippen LogP contribution in [0.3, 0.4) is 0 Å². The van der Waals surface area contributed by atoms with Gasteiger partial charge < -0.3 is 10.1 Å². The number of amides is 1. The average Bonchev–Trinajstić information content (AvgIpc) is 2.81. The zero-order valence-corrected chi connectivity index (χ0v) is 12.3. The van der Waals surface area contributed by atoms with E-state index in [1.165, 1.54) is 36.6 Å². The van der Waals surface area contributed by atoms with Gasteiger partial charge in [-0.15, -0.1) is 11.3 Å². The summed E-state index contributed by atoms with van der Waals surface area (Å²) in [6.45, 7) is 0. The van der Waals surface area contributed by atoms with Gasteiger partial charge in [0, 0.05) is 3.57 Å². The maximum absolute atomic E-state index is 12.9. The molecule has 0 bridgehead atoms. The number of carbonyl (C=O) groups excluding carboxylic acids is 1. The minimum atomic E-state index is -0.328. The average molecular weight is 377 g/mol. The normalized spacial score (nSPS) is 10.2. The van der Waals surface area contributed by atoms with Gasteiger partial charge in [-0.1, -0.05) is 0 Å². The lowest BCUT2D eigenvalue weighted by Gasteiger charge is -2.07. The van der Waals surface area contributed by atoms with Crippen LogP contribution in [0.5, 0.6) is 5.75 Å². The molecule has 0 saturated carbocycles. The van der Waals surface area contributed by atoms with Crippen LogP contribution in [0.1, 0.15) is 9.67 Å². The molecule has 0 spiro atoms. The predicted octanol–water partition coefficient (Wildman–Crippen LogP) is 3.75. The number of benzene rings is 1. The van der Waals surface area contributed by atoms with Crippen molar-refractivity contribution in [1.29, 1.82) is 0 Å². The van der Waals surface area contributed by atoms with Gasteiger partial charge >= 0.3 is 0 Å². The SMILES string of the molecule is COc1ccsc1C(=O)Nc1ccc(F)cc1I. The number of hydrogen-bond donors (Lipinski definition) is 1. The Morgan fingerprint density at radius 3 is 2.89 bits per heavy atom. The number of hydrogen-bond acceptors (Lipinski definition) is 3. The second-order valence-corrected chi connectivity index (χ2v) is 5.47. The highest BCUT2D eigenvalue weighted by molar-refractivity contribution is 14.1. The van der Waals surface area contributed by atoms with E-state index in [2.05, 4.69) is 5.32 Å². The lowest BCUT2D eigenvalue weighted by atomic mass is 10.3. The van der Waals surface area contributed by atoms with Crippen molar-refractivity contribution in [3.05, 3.63) is 43.9 Å². The smallest absolute Gasteiger partial charge is 0.269 e. The summed E-state index contributed by atoms with van der Waals surface area (Å²) in [7, 11) is 1.51. The topological polar surface area (TPSA) is 38.3 Å². The third-order valence-corrected chi connectivity index (χ3v) is 4.02. The van der Waals surface area contributed by atoms with E-state index in [1.807, 2.05) is 22.6 Å². The Morgan fingerprint density at radius 2 is 2.22 bits per heavy atom. The van der Waals surface area contributed by atoms with E-state index in [0.29, 0.717) is 19.9 Å². The van der Waals surface area contributed by atoms with Gasteiger partial charge in [0.1, 0.15) is 16.4 Å². The summed E-state index contributed by atoms with van der Waals surface area (Å²) in [5.41, 5.74) is 0.581. The first-order valence-corrected chi connectivity index (χ1v) is 6.95. The molecular formula is C12H9FINO2S. The van der Waals surface area contributed by atoms with Crippen molar-refractivity contribution in [3.63, 3.8) is 0 Å². The molecule has 0 fully saturated rings. The summed E-state index contributed by atoms with van der Waals surface area (Å²) in [5, 5.41) is 4.51. The van der Waals surface area contributed by atoms with Gasteiger partial charge in [-0.25, -0.2) is 4.39 Å². The summed E-state index contributed by atoms with van der Waals surface area (Å²) in [6, 6.07) is 5.94. The van der Waals surface area contributed by atoms with Gasteiger partial charge in [0.2, 0.25) is 0 Å². The molecule has 2 aromatic rings. The van der Waals surface area contributed by atoms with Crippen LogP contribution >= 0.6 is 33.9 Å². The van der Waals surface area contributed by atoms with Crippen LogP contribution in [0.25, 0.3) is 0 Å². The molecule has 1 aromatic heterocycles. The van der Waals surface area contributed by atoms with E-state index in [0.717, 1.165) is 0 Å². The molecule has 0 radical (unpaired) electrons. The molecule has 0 aliphatic heterocycles. The number of nitrogens with one attached hydrogen (secondary N) is 1. The minimum Gasteiger partial charge on any atom is -0.495 e. The van der Waals surface area contributed by atoms with Crippen molar-refractivity contribution in [1.82, 2.24) is 0 Å². The first-order valence-electron chi connectivity index (χ1n) is 4.99. The molecular weight excluding hydrogens is 368 g/mol. The van der Waals surface area contributed by atoms with E-state index in [1.54, 1.807) is 11.4 Å². The summed E-state index contributed by atoms with van der Waals surface area (Å²) in [4.78, 5) is 12.5. The van der Waals surface area contributed by atoms with Gasteiger partial charge in [-0.05, 0) is 52.2 Å². The minimum absolute atomic E-state index is 0.258. The number of anilines is 1. The molecule has 0 unspecified atom stereocenters. The van der Waals surface area contributed by atoms with Crippen molar-refractivity contribution >= 4 is 45.5 Å². The highest BCUT2D eigenvalue weighted by Crippen LogP contribution is 2.26. The molecule has 0 atom stereocenters. The van der Waals surface area contributed by atoms with Crippen LogP contribution in [0.2, 0.25) is 0 Å². The van der Waals surface area contributed by atoms with Gasteiger partial charge in [-0.2, -0.15) is 0 Å². The first kappa shape index (κ1) is 13.3. The van der Waals surface area contributed by atoms with Crippen LogP contribution in [0.4, 0.5) is 10.1 Å². The molecule has 1 amide bonds. The fraction of sp³-hybridized carbons (Fsp3) is 0.0833. The van der Waals surface area contributed by atoms with Crippen molar-refractivity contribution in [2.45, 2.75) is 0 Å². The Kier molecular flexibility index (Phi) is 4.18. The van der Waals surface area contributed by atoms with Crippen molar-refractivity contribution in [3.8, 4) is 5.75 Å². The van der Waals surface area contributed by atoms with Gasteiger partial charge in [0.05, 0.1) is 12.8 Å². The molecule has 6 heteroatoms. The van der Waals surface area contributed by atoms with E-state index in [9.17, 15) is 9.18 Å². The zero-order valence-electron chi connectivity index (χ0n) is 9.37. The molecule has 0 saturated heterocycles. The fourth-order valence-electron chi connectivity index (χ4n) is 1.39. The molecule has 3 nitrogen and oxygen atoms in total. The van der Waals surface area contributed by atoms with Gasteiger partial charge in [0.15, 0.2) is 0 Å². The van der Waals surface area contributed by atoms with Crippen molar-refractivity contribution in [2.24, 2.45) is 0 Å².